The molecule has 0 unspecified atom stereocenters. The Kier molecular flexibility index (Phi) is 17.5. The summed E-state index contributed by atoms with van der Waals surface area (Å²) in [5.41, 5.74) is 1.73. The largest absolute Gasteiger partial charge is 0.493 e. The van der Waals surface area contributed by atoms with Crippen molar-refractivity contribution in [1.29, 1.82) is 0 Å². The van der Waals surface area contributed by atoms with Gasteiger partial charge in [0.15, 0.2) is 23.0 Å². The third-order valence-electron chi connectivity index (χ3n) is 8.97. The van der Waals surface area contributed by atoms with Crippen molar-refractivity contribution in [1.82, 2.24) is 9.80 Å². The zero-order valence-corrected chi connectivity index (χ0v) is 31.4. The molecule has 0 spiro atoms. The molecule has 2 amide bonds. The Balaban J connectivity index is 1.46. The number of carbonyl (C=O) groups is 2. The Morgan fingerprint density at radius 1 is 0.588 bits per heavy atom. The van der Waals surface area contributed by atoms with Crippen LogP contribution in [0.2, 0.25) is 0 Å². The SMILES string of the molecule is COc1cc(C=CC=CC(=O)N(C)CCCCCCN(C(=O)C=CC=Cc2cc(OC)c(OC)c(OC)c2)C2CCCCC2)cc(OC)c1OC. The van der Waals surface area contributed by atoms with Crippen molar-refractivity contribution in [2.45, 2.75) is 63.8 Å². The number of rotatable bonds is 20. The summed E-state index contributed by atoms with van der Waals surface area (Å²) >= 11 is 0. The van der Waals surface area contributed by atoms with Crippen molar-refractivity contribution in [3.63, 3.8) is 0 Å². The average molecular weight is 705 g/mol. The fourth-order valence-corrected chi connectivity index (χ4v) is 6.19. The second-order valence-electron chi connectivity index (χ2n) is 12.4. The van der Waals surface area contributed by atoms with E-state index in [1.54, 1.807) is 71.9 Å². The summed E-state index contributed by atoms with van der Waals surface area (Å²) in [5.74, 6) is 3.36. The van der Waals surface area contributed by atoms with E-state index in [9.17, 15) is 9.59 Å². The summed E-state index contributed by atoms with van der Waals surface area (Å²) in [7, 11) is 11.3. The van der Waals surface area contributed by atoms with Gasteiger partial charge in [-0.1, -0.05) is 68.6 Å². The maximum atomic E-state index is 13.4. The summed E-state index contributed by atoms with van der Waals surface area (Å²) < 4.78 is 32.5. The van der Waals surface area contributed by atoms with Crippen LogP contribution in [0.15, 0.2) is 60.7 Å². The van der Waals surface area contributed by atoms with Gasteiger partial charge in [-0.15, -0.1) is 0 Å². The number of unbranched alkanes of at least 4 members (excludes halogenated alkanes) is 3. The molecular weight excluding hydrogens is 648 g/mol. The predicted octanol–water partition coefficient (Wildman–Crippen LogP) is 7.76. The Morgan fingerprint density at radius 3 is 1.45 bits per heavy atom. The standard InChI is InChI=1S/C41H56N2O8/c1-42(38(44)23-15-13-19-31-27-34(46-2)40(50-6)35(28-31)47-3)25-17-8-9-18-26-43(33-21-11-10-12-22-33)39(45)24-16-14-20-32-29-36(48-4)41(51-7)37(30-32)49-5/h13-16,19-20,23-24,27-30,33H,8-12,17-18,21-22,25-26H2,1-7H3. The number of likely N-dealkylation sites (N-methyl/N-ethyl adjacent to an activating group) is 1. The summed E-state index contributed by atoms with van der Waals surface area (Å²) in [4.78, 5) is 29.8. The number of amides is 2. The molecule has 0 bridgehead atoms. The van der Waals surface area contributed by atoms with E-state index in [1.807, 2.05) is 55.6 Å². The van der Waals surface area contributed by atoms with Crippen LogP contribution in [0.1, 0.15) is 68.9 Å². The fraction of sp³-hybridized carbons (Fsp3) is 0.463. The lowest BCUT2D eigenvalue weighted by Gasteiger charge is -2.34. The molecule has 10 heteroatoms. The normalized spacial score (nSPS) is 13.6. The molecule has 0 N–H and O–H groups in total. The van der Waals surface area contributed by atoms with Gasteiger partial charge in [-0.2, -0.15) is 0 Å². The van der Waals surface area contributed by atoms with Crippen molar-refractivity contribution in [2.75, 3.05) is 62.8 Å². The molecule has 0 aliphatic heterocycles. The zero-order valence-electron chi connectivity index (χ0n) is 31.4. The molecule has 1 fully saturated rings. The lowest BCUT2D eigenvalue weighted by Crippen LogP contribution is -2.41. The van der Waals surface area contributed by atoms with Crippen LogP contribution in [-0.4, -0.2) is 90.5 Å². The first-order valence-corrected chi connectivity index (χ1v) is 17.6. The van der Waals surface area contributed by atoms with E-state index in [-0.39, 0.29) is 17.9 Å². The number of benzene rings is 2. The van der Waals surface area contributed by atoms with Crippen molar-refractivity contribution >= 4 is 24.0 Å². The number of allylic oxidation sites excluding steroid dienone is 4. The van der Waals surface area contributed by atoms with Crippen LogP contribution in [0.4, 0.5) is 0 Å². The summed E-state index contributed by atoms with van der Waals surface area (Å²) in [6.07, 6.45) is 23.7. The van der Waals surface area contributed by atoms with Crippen LogP contribution >= 0.6 is 0 Å². The van der Waals surface area contributed by atoms with E-state index in [2.05, 4.69) is 4.90 Å². The van der Waals surface area contributed by atoms with Gasteiger partial charge in [-0.3, -0.25) is 9.59 Å². The van der Waals surface area contributed by atoms with Crippen LogP contribution in [-0.2, 0) is 9.59 Å². The minimum absolute atomic E-state index is 0.0490. The molecule has 1 saturated carbocycles. The van der Waals surface area contributed by atoms with Gasteiger partial charge in [0.05, 0.1) is 42.7 Å². The number of hydrogen-bond donors (Lipinski definition) is 0. The minimum atomic E-state index is -0.0512. The highest BCUT2D eigenvalue weighted by Crippen LogP contribution is 2.39. The van der Waals surface area contributed by atoms with Gasteiger partial charge in [0.1, 0.15) is 0 Å². The van der Waals surface area contributed by atoms with Gasteiger partial charge in [-0.05, 0) is 61.1 Å². The van der Waals surface area contributed by atoms with E-state index >= 15 is 0 Å². The summed E-state index contributed by atoms with van der Waals surface area (Å²) in [5, 5.41) is 0. The smallest absolute Gasteiger partial charge is 0.246 e. The van der Waals surface area contributed by atoms with Crippen LogP contribution in [0.5, 0.6) is 34.5 Å². The molecule has 1 aliphatic rings. The van der Waals surface area contributed by atoms with Gasteiger partial charge < -0.3 is 38.2 Å². The number of carbonyl (C=O) groups excluding carboxylic acids is 2. The monoisotopic (exact) mass is 704 g/mol. The van der Waals surface area contributed by atoms with E-state index in [1.165, 1.54) is 6.42 Å². The average Bonchev–Trinajstić information content (AvgIpc) is 3.16. The van der Waals surface area contributed by atoms with Gasteiger partial charge in [0, 0.05) is 38.3 Å². The van der Waals surface area contributed by atoms with Crippen LogP contribution in [0.3, 0.4) is 0 Å². The first-order chi connectivity index (χ1) is 24.8. The third-order valence-corrected chi connectivity index (χ3v) is 8.97. The molecule has 10 nitrogen and oxygen atoms in total. The number of nitrogens with zero attached hydrogens (tertiary/aromatic N) is 2. The molecule has 51 heavy (non-hydrogen) atoms. The Labute approximate surface area is 304 Å². The lowest BCUT2D eigenvalue weighted by atomic mass is 9.94. The highest BCUT2D eigenvalue weighted by Gasteiger charge is 2.23. The molecular formula is C41H56N2O8. The first kappa shape index (κ1) is 40.6. The van der Waals surface area contributed by atoms with Crippen LogP contribution in [0.25, 0.3) is 12.2 Å². The van der Waals surface area contributed by atoms with E-state index < -0.39 is 0 Å². The Bertz CT molecular complexity index is 1470. The second-order valence-corrected chi connectivity index (χ2v) is 12.4. The Morgan fingerprint density at radius 2 is 1.02 bits per heavy atom. The van der Waals surface area contributed by atoms with Crippen molar-refractivity contribution in [2.24, 2.45) is 0 Å². The summed E-state index contributed by atoms with van der Waals surface area (Å²) in [6, 6.07) is 7.71. The lowest BCUT2D eigenvalue weighted by molar-refractivity contribution is -0.129. The molecule has 2 aromatic carbocycles. The molecule has 0 radical (unpaired) electrons. The third kappa shape index (κ3) is 12.5. The molecule has 0 heterocycles. The number of ether oxygens (including phenoxy) is 6. The molecule has 1 aliphatic carbocycles. The molecule has 2 aromatic rings. The number of hydrogen-bond acceptors (Lipinski definition) is 8. The predicted molar refractivity (Wildman–Crippen MR) is 203 cm³/mol. The summed E-state index contributed by atoms with van der Waals surface area (Å²) in [6.45, 7) is 1.41. The van der Waals surface area contributed by atoms with Crippen molar-refractivity contribution in [3.05, 3.63) is 71.8 Å². The molecule has 0 saturated heterocycles. The van der Waals surface area contributed by atoms with Gasteiger partial charge in [-0.25, -0.2) is 0 Å². The highest BCUT2D eigenvalue weighted by molar-refractivity contribution is 5.88. The number of methoxy groups -OCH3 is 6. The van der Waals surface area contributed by atoms with Gasteiger partial charge in [0.25, 0.3) is 0 Å². The topological polar surface area (TPSA) is 96.0 Å². The van der Waals surface area contributed by atoms with Crippen molar-refractivity contribution < 1.29 is 38.0 Å². The Hall–Kier alpha value is -4.86. The van der Waals surface area contributed by atoms with Crippen LogP contribution in [0, 0.1) is 0 Å². The molecule has 0 atom stereocenters. The molecule has 278 valence electrons. The van der Waals surface area contributed by atoms with E-state index in [0.29, 0.717) is 41.0 Å². The molecule has 0 aromatic heterocycles. The quantitative estimate of drug-likeness (QED) is 0.0785. The maximum Gasteiger partial charge on any atom is 0.246 e. The zero-order chi connectivity index (χ0) is 37.0. The van der Waals surface area contributed by atoms with E-state index in [0.717, 1.165) is 69.0 Å². The van der Waals surface area contributed by atoms with Crippen LogP contribution < -0.4 is 28.4 Å². The second kappa shape index (κ2) is 22.1. The highest BCUT2D eigenvalue weighted by atomic mass is 16.5. The van der Waals surface area contributed by atoms with E-state index in [4.69, 9.17) is 28.4 Å². The maximum absolute atomic E-state index is 13.4. The molecule has 3 rings (SSSR count). The van der Waals surface area contributed by atoms with Crippen molar-refractivity contribution in [3.8, 4) is 34.5 Å². The first-order valence-electron chi connectivity index (χ1n) is 17.6. The van der Waals surface area contributed by atoms with Gasteiger partial charge >= 0.3 is 0 Å². The fourth-order valence-electron chi connectivity index (χ4n) is 6.19. The minimum Gasteiger partial charge on any atom is -0.493 e. The van der Waals surface area contributed by atoms with Gasteiger partial charge in [0.2, 0.25) is 23.3 Å².